The number of carbonyl (C=O) groups is 1. The number of halogens is 1. The molecule has 98 valence electrons. The molecule has 3 N–H and O–H groups in total. The van der Waals surface area contributed by atoms with Crippen LogP contribution >= 0.6 is 11.8 Å². The number of thioether (sulfide) groups is 1. The normalized spacial score (nSPS) is 20.1. The monoisotopic (exact) mass is 268 g/mol. The summed E-state index contributed by atoms with van der Waals surface area (Å²) in [5.41, 5.74) is 6.47. The Morgan fingerprint density at radius 2 is 2.44 bits per heavy atom. The Balaban J connectivity index is 2.13. The van der Waals surface area contributed by atoms with Gasteiger partial charge in [0.25, 0.3) is 0 Å². The molecule has 0 fully saturated rings. The zero-order chi connectivity index (χ0) is 13.1. The van der Waals surface area contributed by atoms with E-state index in [1.165, 1.54) is 17.8 Å². The second-order valence-electron chi connectivity index (χ2n) is 4.60. The second kappa shape index (κ2) is 5.71. The maximum absolute atomic E-state index is 13.6. The average molecular weight is 268 g/mol. The third kappa shape index (κ3) is 3.03. The Morgan fingerprint density at radius 1 is 1.67 bits per heavy atom. The van der Waals surface area contributed by atoms with Gasteiger partial charge in [-0.05, 0) is 25.0 Å². The molecule has 0 aliphatic carbocycles. The molecule has 18 heavy (non-hydrogen) atoms. The summed E-state index contributed by atoms with van der Waals surface area (Å²) in [6, 6.07) is 4.77. The molecule has 1 aliphatic heterocycles. The van der Waals surface area contributed by atoms with Gasteiger partial charge in [0.05, 0.1) is 6.04 Å². The maximum atomic E-state index is 13.6. The van der Waals surface area contributed by atoms with E-state index in [2.05, 4.69) is 5.32 Å². The SMILES string of the molecule is CC(N)CC(=O)NC1CCSc2c(F)cccc21. The lowest BCUT2D eigenvalue weighted by Gasteiger charge is -2.26. The predicted molar refractivity (Wildman–Crippen MR) is 70.9 cm³/mol. The molecule has 0 radical (unpaired) electrons. The van der Waals surface area contributed by atoms with E-state index in [1.807, 2.05) is 6.07 Å². The quantitative estimate of drug-likeness (QED) is 0.883. The largest absolute Gasteiger partial charge is 0.349 e. The van der Waals surface area contributed by atoms with Gasteiger partial charge in [-0.3, -0.25) is 4.79 Å². The smallest absolute Gasteiger partial charge is 0.222 e. The molecule has 1 aliphatic rings. The van der Waals surface area contributed by atoms with Gasteiger partial charge in [-0.15, -0.1) is 11.8 Å². The van der Waals surface area contributed by atoms with Gasteiger partial charge in [0, 0.05) is 23.1 Å². The first-order valence-electron chi connectivity index (χ1n) is 6.04. The Morgan fingerprint density at radius 3 is 3.17 bits per heavy atom. The van der Waals surface area contributed by atoms with Crippen LogP contribution < -0.4 is 11.1 Å². The predicted octanol–water partition coefficient (Wildman–Crippen LogP) is 2.22. The summed E-state index contributed by atoms with van der Waals surface area (Å²) in [4.78, 5) is 12.4. The van der Waals surface area contributed by atoms with Crippen molar-refractivity contribution in [2.75, 3.05) is 5.75 Å². The van der Waals surface area contributed by atoms with E-state index in [4.69, 9.17) is 5.73 Å². The molecule has 1 heterocycles. The van der Waals surface area contributed by atoms with Crippen LogP contribution in [0, 0.1) is 5.82 Å². The molecule has 5 heteroatoms. The molecule has 0 saturated heterocycles. The van der Waals surface area contributed by atoms with Crippen LogP contribution in [0.15, 0.2) is 23.1 Å². The van der Waals surface area contributed by atoms with E-state index < -0.39 is 0 Å². The number of benzene rings is 1. The highest BCUT2D eigenvalue weighted by Gasteiger charge is 2.24. The third-order valence-corrected chi connectivity index (χ3v) is 4.03. The average Bonchev–Trinajstić information content (AvgIpc) is 2.29. The van der Waals surface area contributed by atoms with Crippen LogP contribution in [0.3, 0.4) is 0 Å². The van der Waals surface area contributed by atoms with Crippen molar-refractivity contribution in [3.05, 3.63) is 29.6 Å². The lowest BCUT2D eigenvalue weighted by Crippen LogP contribution is -2.34. The van der Waals surface area contributed by atoms with Gasteiger partial charge in [0.2, 0.25) is 5.91 Å². The zero-order valence-electron chi connectivity index (χ0n) is 10.3. The van der Waals surface area contributed by atoms with Crippen molar-refractivity contribution in [2.24, 2.45) is 5.73 Å². The van der Waals surface area contributed by atoms with E-state index in [-0.39, 0.29) is 23.8 Å². The van der Waals surface area contributed by atoms with Crippen molar-refractivity contribution in [3.63, 3.8) is 0 Å². The summed E-state index contributed by atoms with van der Waals surface area (Å²) < 4.78 is 13.6. The lowest BCUT2D eigenvalue weighted by atomic mass is 10.0. The second-order valence-corrected chi connectivity index (χ2v) is 5.70. The summed E-state index contributed by atoms with van der Waals surface area (Å²) in [5.74, 6) is 0.539. The van der Waals surface area contributed by atoms with Crippen molar-refractivity contribution in [2.45, 2.75) is 36.7 Å². The highest BCUT2D eigenvalue weighted by Crippen LogP contribution is 2.37. The number of hydrogen-bond acceptors (Lipinski definition) is 3. The van der Waals surface area contributed by atoms with Crippen LogP contribution in [0.25, 0.3) is 0 Å². The fourth-order valence-corrected chi connectivity index (χ4v) is 3.22. The molecular formula is C13H17FN2OS. The van der Waals surface area contributed by atoms with Gasteiger partial charge >= 0.3 is 0 Å². The molecule has 1 aromatic rings. The number of carbonyl (C=O) groups excluding carboxylic acids is 1. The highest BCUT2D eigenvalue weighted by atomic mass is 32.2. The van der Waals surface area contributed by atoms with Crippen LogP contribution in [0.5, 0.6) is 0 Å². The molecule has 2 rings (SSSR count). The Labute approximate surface area is 110 Å². The van der Waals surface area contributed by atoms with E-state index in [1.54, 1.807) is 13.0 Å². The summed E-state index contributed by atoms with van der Waals surface area (Å²) in [5, 5.41) is 2.93. The molecule has 0 bridgehead atoms. The van der Waals surface area contributed by atoms with E-state index in [9.17, 15) is 9.18 Å². The summed E-state index contributed by atoms with van der Waals surface area (Å²) in [6.45, 7) is 1.80. The first-order valence-corrected chi connectivity index (χ1v) is 7.02. The Kier molecular flexibility index (Phi) is 4.24. The molecule has 1 amide bonds. The van der Waals surface area contributed by atoms with Gasteiger partial charge in [-0.25, -0.2) is 4.39 Å². The zero-order valence-corrected chi connectivity index (χ0v) is 11.1. The lowest BCUT2D eigenvalue weighted by molar-refractivity contribution is -0.122. The fraction of sp³-hybridized carbons (Fsp3) is 0.462. The third-order valence-electron chi connectivity index (χ3n) is 2.87. The number of nitrogens with one attached hydrogen (secondary N) is 1. The summed E-state index contributed by atoms with van der Waals surface area (Å²) in [6.07, 6.45) is 1.13. The van der Waals surface area contributed by atoms with Crippen LogP contribution in [-0.4, -0.2) is 17.7 Å². The minimum atomic E-state index is -0.205. The van der Waals surface area contributed by atoms with Crippen LogP contribution in [0.1, 0.15) is 31.4 Å². The van der Waals surface area contributed by atoms with Gasteiger partial charge in [0.15, 0.2) is 0 Å². The van der Waals surface area contributed by atoms with Gasteiger partial charge in [-0.1, -0.05) is 12.1 Å². The summed E-state index contributed by atoms with van der Waals surface area (Å²) >= 11 is 1.51. The molecule has 2 atom stereocenters. The van der Waals surface area contributed by atoms with Gasteiger partial charge in [0.1, 0.15) is 5.82 Å². The number of amides is 1. The standard InChI is InChI=1S/C13H17FN2OS/c1-8(15)7-12(17)16-11-5-6-18-13-9(11)3-2-4-10(13)14/h2-4,8,11H,5-7,15H2,1H3,(H,16,17). The molecule has 0 spiro atoms. The molecule has 3 nitrogen and oxygen atoms in total. The highest BCUT2D eigenvalue weighted by molar-refractivity contribution is 7.99. The van der Waals surface area contributed by atoms with Crippen molar-refractivity contribution in [1.82, 2.24) is 5.32 Å². The van der Waals surface area contributed by atoms with Crippen LogP contribution in [0.2, 0.25) is 0 Å². The molecule has 0 saturated carbocycles. The number of hydrogen-bond donors (Lipinski definition) is 2. The first kappa shape index (κ1) is 13.4. The van der Waals surface area contributed by atoms with Crippen molar-refractivity contribution in [1.29, 1.82) is 0 Å². The van der Waals surface area contributed by atoms with Gasteiger partial charge < -0.3 is 11.1 Å². The van der Waals surface area contributed by atoms with E-state index >= 15 is 0 Å². The first-order chi connectivity index (χ1) is 8.58. The van der Waals surface area contributed by atoms with Crippen molar-refractivity contribution in [3.8, 4) is 0 Å². The topological polar surface area (TPSA) is 55.1 Å². The summed E-state index contributed by atoms with van der Waals surface area (Å²) in [7, 11) is 0. The molecule has 0 aromatic heterocycles. The van der Waals surface area contributed by atoms with Crippen LogP contribution in [0.4, 0.5) is 4.39 Å². The Bertz CT molecular complexity index is 451. The maximum Gasteiger partial charge on any atom is 0.222 e. The van der Waals surface area contributed by atoms with Crippen LogP contribution in [-0.2, 0) is 4.79 Å². The molecule has 2 unspecified atom stereocenters. The minimum Gasteiger partial charge on any atom is -0.349 e. The minimum absolute atomic E-state index is 0.0721. The van der Waals surface area contributed by atoms with E-state index in [0.717, 1.165) is 17.7 Å². The fourth-order valence-electron chi connectivity index (χ4n) is 2.08. The number of rotatable bonds is 3. The van der Waals surface area contributed by atoms with Gasteiger partial charge in [-0.2, -0.15) is 0 Å². The van der Waals surface area contributed by atoms with E-state index in [0.29, 0.717) is 11.3 Å². The van der Waals surface area contributed by atoms with Crippen molar-refractivity contribution >= 4 is 17.7 Å². The Hall–Kier alpha value is -1.07. The number of nitrogens with two attached hydrogens (primary N) is 1. The molecule has 1 aromatic carbocycles. The number of fused-ring (bicyclic) bond motifs is 1. The van der Waals surface area contributed by atoms with Crippen molar-refractivity contribution < 1.29 is 9.18 Å². The molecular weight excluding hydrogens is 251 g/mol.